The summed E-state index contributed by atoms with van der Waals surface area (Å²) in [6.45, 7) is 1.80. The maximum Gasteiger partial charge on any atom is 0.309 e. The third-order valence-electron chi connectivity index (χ3n) is 3.66. The number of aliphatic carboxylic acids is 1. The molecule has 0 spiro atoms. The molecule has 1 fully saturated rings. The van der Waals surface area contributed by atoms with Gasteiger partial charge in [-0.15, -0.1) is 0 Å². The highest BCUT2D eigenvalue weighted by atomic mass is 32.2. The molecule has 1 saturated heterocycles. The summed E-state index contributed by atoms with van der Waals surface area (Å²) >= 11 is 0. The van der Waals surface area contributed by atoms with E-state index in [1.807, 2.05) is 0 Å². The molecule has 0 unspecified atom stereocenters. The van der Waals surface area contributed by atoms with Crippen molar-refractivity contribution in [2.75, 3.05) is 13.1 Å². The Labute approximate surface area is 116 Å². The van der Waals surface area contributed by atoms with Crippen molar-refractivity contribution in [2.24, 2.45) is 5.41 Å². The number of pyridine rings is 1. The minimum atomic E-state index is -3.82. The second-order valence-electron chi connectivity index (χ2n) is 5.11. The normalized spacial score (nSPS) is 19.7. The van der Waals surface area contributed by atoms with Gasteiger partial charge in [-0.1, -0.05) is 0 Å². The molecule has 1 aliphatic rings. The average Bonchev–Trinajstić information content (AvgIpc) is 2.39. The van der Waals surface area contributed by atoms with Gasteiger partial charge in [-0.2, -0.15) is 4.31 Å². The number of sulfonamides is 1. The Morgan fingerprint density at radius 3 is 2.50 bits per heavy atom. The molecule has 1 aromatic heterocycles. The first kappa shape index (κ1) is 14.9. The summed E-state index contributed by atoms with van der Waals surface area (Å²) in [7, 11) is -3.82. The molecular weight excluding hydrogens is 287 g/mol. The van der Waals surface area contributed by atoms with Gasteiger partial charge in [0.15, 0.2) is 0 Å². The molecule has 2 heterocycles. The Morgan fingerprint density at radius 1 is 1.40 bits per heavy atom. The third kappa shape index (κ3) is 2.66. The maximum absolute atomic E-state index is 13.1. The van der Waals surface area contributed by atoms with Crippen molar-refractivity contribution in [1.29, 1.82) is 0 Å². The van der Waals surface area contributed by atoms with E-state index in [0.29, 0.717) is 0 Å². The molecule has 20 heavy (non-hydrogen) atoms. The fourth-order valence-corrected chi connectivity index (χ4v) is 3.53. The Bertz CT molecular complexity index is 624. The molecule has 2 rings (SSSR count). The number of nitrogens with zero attached hydrogens (tertiary/aromatic N) is 2. The first-order chi connectivity index (χ1) is 9.25. The fraction of sp³-hybridized carbons (Fsp3) is 0.500. The van der Waals surface area contributed by atoms with Gasteiger partial charge in [-0.25, -0.2) is 12.8 Å². The quantitative estimate of drug-likeness (QED) is 0.903. The number of carbonyl (C=O) groups is 1. The number of hydrogen-bond donors (Lipinski definition) is 1. The molecule has 0 atom stereocenters. The molecular formula is C12H15FN2O4S. The van der Waals surface area contributed by atoms with E-state index in [2.05, 4.69) is 4.98 Å². The molecule has 1 N–H and O–H groups in total. The average molecular weight is 302 g/mol. The van der Waals surface area contributed by atoms with E-state index in [9.17, 15) is 17.6 Å². The summed E-state index contributed by atoms with van der Waals surface area (Å²) in [5, 5.41) is 9.11. The lowest BCUT2D eigenvalue weighted by atomic mass is 9.81. The number of rotatable bonds is 3. The van der Waals surface area contributed by atoms with Crippen LogP contribution in [0.25, 0.3) is 0 Å². The summed E-state index contributed by atoms with van der Waals surface area (Å²) < 4.78 is 38.8. The highest BCUT2D eigenvalue weighted by molar-refractivity contribution is 7.89. The third-order valence-corrected chi connectivity index (χ3v) is 5.52. The fourth-order valence-electron chi connectivity index (χ4n) is 2.12. The van der Waals surface area contributed by atoms with Crippen LogP contribution in [0.15, 0.2) is 23.4 Å². The second kappa shape index (κ2) is 5.10. The maximum atomic E-state index is 13.1. The molecule has 0 radical (unpaired) electrons. The van der Waals surface area contributed by atoms with E-state index in [-0.39, 0.29) is 30.8 Å². The predicted molar refractivity (Wildman–Crippen MR) is 67.9 cm³/mol. The van der Waals surface area contributed by atoms with Gasteiger partial charge >= 0.3 is 5.97 Å². The van der Waals surface area contributed by atoms with Gasteiger partial charge in [-0.05, 0) is 25.8 Å². The van der Waals surface area contributed by atoms with Crippen LogP contribution < -0.4 is 0 Å². The van der Waals surface area contributed by atoms with Crippen molar-refractivity contribution < 1.29 is 22.7 Å². The van der Waals surface area contributed by atoms with Gasteiger partial charge in [0.2, 0.25) is 10.0 Å². The summed E-state index contributed by atoms with van der Waals surface area (Å²) in [4.78, 5) is 14.4. The number of carboxylic acid groups (broad SMARTS) is 1. The largest absolute Gasteiger partial charge is 0.481 e. The van der Waals surface area contributed by atoms with Gasteiger partial charge in [0, 0.05) is 19.3 Å². The van der Waals surface area contributed by atoms with E-state index >= 15 is 0 Å². The van der Waals surface area contributed by atoms with Crippen LogP contribution in [-0.4, -0.2) is 41.9 Å². The predicted octanol–water partition coefficient (Wildman–Crippen LogP) is 1.10. The zero-order valence-electron chi connectivity index (χ0n) is 10.9. The van der Waals surface area contributed by atoms with Crippen LogP contribution >= 0.6 is 0 Å². The van der Waals surface area contributed by atoms with E-state index in [1.165, 1.54) is 4.31 Å². The van der Waals surface area contributed by atoms with Gasteiger partial charge in [0.25, 0.3) is 0 Å². The van der Waals surface area contributed by atoms with Gasteiger partial charge in [0.05, 0.1) is 11.6 Å². The summed E-state index contributed by atoms with van der Waals surface area (Å²) in [6, 6.07) is 0.910. The number of halogens is 1. The first-order valence-electron chi connectivity index (χ1n) is 6.10. The number of aromatic nitrogens is 1. The zero-order chi connectivity index (χ0) is 15.0. The van der Waals surface area contributed by atoms with Crippen LogP contribution in [-0.2, 0) is 14.8 Å². The van der Waals surface area contributed by atoms with Crippen molar-refractivity contribution in [3.63, 3.8) is 0 Å². The van der Waals surface area contributed by atoms with Crippen LogP contribution in [0.2, 0.25) is 0 Å². The molecule has 6 nitrogen and oxygen atoms in total. The van der Waals surface area contributed by atoms with Crippen molar-refractivity contribution in [1.82, 2.24) is 9.29 Å². The van der Waals surface area contributed by atoms with E-state index in [4.69, 9.17) is 5.11 Å². The van der Waals surface area contributed by atoms with Gasteiger partial charge in [-0.3, -0.25) is 9.78 Å². The van der Waals surface area contributed by atoms with Gasteiger partial charge < -0.3 is 5.11 Å². The Kier molecular flexibility index (Phi) is 3.79. The summed E-state index contributed by atoms with van der Waals surface area (Å²) in [6.07, 6.45) is 2.47. The lowest BCUT2D eigenvalue weighted by Gasteiger charge is -2.35. The summed E-state index contributed by atoms with van der Waals surface area (Å²) in [5.74, 6) is -1.65. The molecule has 0 aromatic carbocycles. The van der Waals surface area contributed by atoms with Crippen molar-refractivity contribution >= 4 is 16.0 Å². The highest BCUT2D eigenvalue weighted by Gasteiger charge is 2.40. The molecule has 0 saturated carbocycles. The van der Waals surface area contributed by atoms with E-state index in [1.54, 1.807) is 6.92 Å². The lowest BCUT2D eigenvalue weighted by molar-refractivity contribution is -0.150. The second-order valence-corrected chi connectivity index (χ2v) is 7.05. The molecule has 1 aliphatic heterocycles. The zero-order valence-corrected chi connectivity index (χ0v) is 11.7. The molecule has 0 bridgehead atoms. The number of hydrogen-bond acceptors (Lipinski definition) is 4. The molecule has 110 valence electrons. The monoisotopic (exact) mass is 302 g/mol. The molecule has 8 heteroatoms. The van der Waals surface area contributed by atoms with Crippen LogP contribution in [0.1, 0.15) is 19.8 Å². The Hall–Kier alpha value is -1.54. The first-order valence-corrected chi connectivity index (χ1v) is 7.54. The lowest BCUT2D eigenvalue weighted by Crippen LogP contribution is -2.45. The van der Waals surface area contributed by atoms with Gasteiger partial charge in [0.1, 0.15) is 10.7 Å². The van der Waals surface area contributed by atoms with Crippen molar-refractivity contribution in [3.05, 3.63) is 24.3 Å². The standard InChI is InChI=1S/C12H15FN2O4S/c1-12(11(16)17)2-4-15(5-3-12)20(18,19)10-6-9(13)7-14-8-10/h6-8H,2-5H2,1H3,(H,16,17). The minimum absolute atomic E-state index is 0.0989. The molecule has 1 aromatic rings. The van der Waals surface area contributed by atoms with E-state index < -0.39 is 27.2 Å². The van der Waals surface area contributed by atoms with Crippen LogP contribution in [0.5, 0.6) is 0 Å². The van der Waals surface area contributed by atoms with E-state index in [0.717, 1.165) is 18.5 Å². The molecule has 0 aliphatic carbocycles. The Balaban J connectivity index is 2.20. The highest BCUT2D eigenvalue weighted by Crippen LogP contribution is 2.33. The van der Waals surface area contributed by atoms with Crippen molar-refractivity contribution in [3.8, 4) is 0 Å². The van der Waals surface area contributed by atoms with Crippen molar-refractivity contribution in [2.45, 2.75) is 24.7 Å². The Morgan fingerprint density at radius 2 is 2.00 bits per heavy atom. The topological polar surface area (TPSA) is 87.6 Å². The summed E-state index contributed by atoms with van der Waals surface area (Å²) in [5.41, 5.74) is -0.911. The van der Waals surface area contributed by atoms with Crippen LogP contribution in [0.4, 0.5) is 4.39 Å². The number of piperidine rings is 1. The molecule has 0 amide bonds. The van der Waals surface area contributed by atoms with Crippen LogP contribution in [0, 0.1) is 11.2 Å². The number of carboxylic acids is 1. The SMILES string of the molecule is CC1(C(=O)O)CCN(S(=O)(=O)c2cncc(F)c2)CC1. The van der Waals surface area contributed by atoms with Crippen LogP contribution in [0.3, 0.4) is 0 Å². The smallest absolute Gasteiger partial charge is 0.309 e. The minimum Gasteiger partial charge on any atom is -0.481 e.